The highest BCUT2D eigenvalue weighted by atomic mass is 32.1. The van der Waals surface area contributed by atoms with Gasteiger partial charge in [0.05, 0.1) is 25.9 Å². The number of nitrogens with zero attached hydrogens (tertiary/aromatic N) is 1. The Morgan fingerprint density at radius 2 is 2.33 bits per heavy atom. The van der Waals surface area contributed by atoms with Crippen molar-refractivity contribution in [1.82, 2.24) is 10.2 Å². The lowest BCUT2D eigenvalue weighted by Gasteiger charge is -2.34. The molecule has 2 heterocycles. The largest absolute Gasteiger partial charge is 0.379 e. The quantitative estimate of drug-likeness (QED) is 0.671. The van der Waals surface area contributed by atoms with Crippen LogP contribution in [0.2, 0.25) is 0 Å². The third-order valence-electron chi connectivity index (χ3n) is 3.35. The summed E-state index contributed by atoms with van der Waals surface area (Å²) < 4.78 is 10.5. The molecule has 1 aliphatic rings. The van der Waals surface area contributed by atoms with Crippen molar-refractivity contribution in [2.45, 2.75) is 6.04 Å². The van der Waals surface area contributed by atoms with Gasteiger partial charge in [-0.25, -0.2) is 0 Å². The number of nitrogens with two attached hydrogens (primary N) is 1. The first-order valence-electron chi connectivity index (χ1n) is 7.21. The molecule has 118 valence electrons. The van der Waals surface area contributed by atoms with E-state index in [1.54, 1.807) is 11.3 Å². The topological polar surface area (TPSA) is 76.8 Å². The zero-order valence-corrected chi connectivity index (χ0v) is 12.9. The highest BCUT2D eigenvalue weighted by molar-refractivity contribution is 7.10. The van der Waals surface area contributed by atoms with Gasteiger partial charge in [-0.3, -0.25) is 9.69 Å². The Balaban J connectivity index is 1.86. The van der Waals surface area contributed by atoms with Gasteiger partial charge in [-0.15, -0.1) is 11.3 Å². The fraction of sp³-hybridized carbons (Fsp3) is 0.643. The Kier molecular flexibility index (Phi) is 7.11. The smallest absolute Gasteiger partial charge is 0.246 e. The van der Waals surface area contributed by atoms with Crippen molar-refractivity contribution < 1.29 is 14.3 Å². The molecule has 0 radical (unpaired) electrons. The number of nitrogens with one attached hydrogen (secondary N) is 1. The fourth-order valence-electron chi connectivity index (χ4n) is 2.29. The van der Waals surface area contributed by atoms with Crippen LogP contribution in [0, 0.1) is 0 Å². The van der Waals surface area contributed by atoms with Gasteiger partial charge in [-0.1, -0.05) is 6.07 Å². The summed E-state index contributed by atoms with van der Waals surface area (Å²) in [6.45, 7) is 4.77. The first-order chi connectivity index (χ1) is 10.3. The molecule has 1 amide bonds. The Hall–Kier alpha value is -0.990. The normalized spacial score (nSPS) is 17.6. The molecule has 0 spiro atoms. The molecular weight excluding hydrogens is 290 g/mol. The third kappa shape index (κ3) is 5.37. The summed E-state index contributed by atoms with van der Waals surface area (Å²) in [7, 11) is 0. The average Bonchev–Trinajstić information content (AvgIpc) is 3.03. The van der Waals surface area contributed by atoms with Crippen LogP contribution in [-0.4, -0.2) is 63.4 Å². The zero-order valence-electron chi connectivity index (χ0n) is 12.1. The predicted octanol–water partition coefficient (Wildman–Crippen LogP) is 0.213. The number of morpholine rings is 1. The van der Waals surface area contributed by atoms with Crippen molar-refractivity contribution in [2.24, 2.45) is 5.73 Å². The van der Waals surface area contributed by atoms with Gasteiger partial charge < -0.3 is 20.5 Å². The first kappa shape index (κ1) is 16.4. The van der Waals surface area contributed by atoms with Crippen molar-refractivity contribution in [1.29, 1.82) is 0 Å². The van der Waals surface area contributed by atoms with E-state index in [2.05, 4.69) is 21.7 Å². The lowest BCUT2D eigenvalue weighted by atomic mass is 10.2. The number of carbonyl (C=O) groups excluding carboxylic acids is 1. The van der Waals surface area contributed by atoms with Gasteiger partial charge >= 0.3 is 0 Å². The summed E-state index contributed by atoms with van der Waals surface area (Å²) >= 11 is 1.72. The molecule has 7 heteroatoms. The molecule has 1 saturated heterocycles. The second kappa shape index (κ2) is 9.11. The number of hydrogen-bond donors (Lipinski definition) is 2. The molecule has 0 aliphatic carbocycles. The molecule has 1 unspecified atom stereocenters. The number of rotatable bonds is 8. The molecule has 1 aromatic heterocycles. The van der Waals surface area contributed by atoms with Gasteiger partial charge in [0.25, 0.3) is 0 Å². The number of hydrogen-bond acceptors (Lipinski definition) is 6. The van der Waals surface area contributed by atoms with E-state index in [9.17, 15) is 4.79 Å². The maximum Gasteiger partial charge on any atom is 0.246 e. The highest BCUT2D eigenvalue weighted by Crippen LogP contribution is 2.25. The van der Waals surface area contributed by atoms with Crippen LogP contribution in [0.5, 0.6) is 0 Å². The monoisotopic (exact) mass is 313 g/mol. The summed E-state index contributed by atoms with van der Waals surface area (Å²) in [5.74, 6) is -0.0988. The lowest BCUT2D eigenvalue weighted by molar-refractivity contribution is -0.125. The molecule has 0 saturated carbocycles. The van der Waals surface area contributed by atoms with Crippen molar-refractivity contribution in [2.75, 3.05) is 52.6 Å². The summed E-state index contributed by atoms with van der Waals surface area (Å²) in [5, 5.41) is 5.01. The second-order valence-corrected chi connectivity index (χ2v) is 5.80. The molecule has 1 fully saturated rings. The molecule has 0 aromatic carbocycles. The maximum absolute atomic E-state index is 11.8. The van der Waals surface area contributed by atoms with E-state index in [-0.39, 0.29) is 18.6 Å². The Bertz CT molecular complexity index is 408. The average molecular weight is 313 g/mol. The third-order valence-corrected chi connectivity index (χ3v) is 4.32. The van der Waals surface area contributed by atoms with Crippen LogP contribution in [-0.2, 0) is 14.3 Å². The van der Waals surface area contributed by atoms with Gasteiger partial charge in [0, 0.05) is 31.1 Å². The maximum atomic E-state index is 11.8. The Morgan fingerprint density at radius 3 is 3.00 bits per heavy atom. The Labute approximate surface area is 129 Å². The summed E-state index contributed by atoms with van der Waals surface area (Å²) in [6, 6.07) is 4.36. The van der Waals surface area contributed by atoms with Crippen LogP contribution in [0.3, 0.4) is 0 Å². The highest BCUT2D eigenvalue weighted by Gasteiger charge is 2.23. The van der Waals surface area contributed by atoms with Crippen molar-refractivity contribution in [3.8, 4) is 0 Å². The minimum absolute atomic E-state index is 0.0669. The second-order valence-electron chi connectivity index (χ2n) is 4.82. The fourth-order valence-corrected chi connectivity index (χ4v) is 3.15. The van der Waals surface area contributed by atoms with Crippen LogP contribution >= 0.6 is 11.3 Å². The zero-order chi connectivity index (χ0) is 14.9. The summed E-state index contributed by atoms with van der Waals surface area (Å²) in [4.78, 5) is 15.4. The van der Waals surface area contributed by atoms with Crippen LogP contribution < -0.4 is 11.1 Å². The SMILES string of the molecule is NCCOCC(=O)NCC(c1cccs1)N1CCOCC1. The number of thiophene rings is 1. The molecule has 0 bridgehead atoms. The lowest BCUT2D eigenvalue weighted by Crippen LogP contribution is -2.44. The number of carbonyl (C=O) groups is 1. The molecular formula is C14H23N3O3S. The molecule has 1 atom stereocenters. The minimum atomic E-state index is -0.0988. The van der Waals surface area contributed by atoms with Gasteiger partial charge in [0.2, 0.25) is 5.91 Å². The molecule has 1 aliphatic heterocycles. The van der Waals surface area contributed by atoms with Crippen LogP contribution in [0.1, 0.15) is 10.9 Å². The van der Waals surface area contributed by atoms with Crippen LogP contribution in [0.15, 0.2) is 17.5 Å². The predicted molar refractivity (Wildman–Crippen MR) is 82.3 cm³/mol. The van der Waals surface area contributed by atoms with E-state index in [1.807, 2.05) is 6.07 Å². The van der Waals surface area contributed by atoms with E-state index in [1.165, 1.54) is 4.88 Å². The van der Waals surface area contributed by atoms with Gasteiger partial charge in [-0.2, -0.15) is 0 Å². The van der Waals surface area contributed by atoms with Gasteiger partial charge in [-0.05, 0) is 11.4 Å². The van der Waals surface area contributed by atoms with Crippen molar-refractivity contribution >= 4 is 17.2 Å². The van der Waals surface area contributed by atoms with Gasteiger partial charge in [0.15, 0.2) is 0 Å². The van der Waals surface area contributed by atoms with E-state index >= 15 is 0 Å². The summed E-state index contributed by atoms with van der Waals surface area (Å²) in [6.07, 6.45) is 0. The first-order valence-corrected chi connectivity index (χ1v) is 8.09. The van der Waals surface area contributed by atoms with E-state index in [0.29, 0.717) is 19.7 Å². The molecule has 1 aromatic rings. The number of amides is 1. The minimum Gasteiger partial charge on any atom is -0.379 e. The molecule has 21 heavy (non-hydrogen) atoms. The molecule has 3 N–H and O–H groups in total. The molecule has 2 rings (SSSR count). The van der Waals surface area contributed by atoms with E-state index in [0.717, 1.165) is 26.3 Å². The van der Waals surface area contributed by atoms with E-state index < -0.39 is 0 Å². The number of ether oxygens (including phenoxy) is 2. The molecule has 6 nitrogen and oxygen atoms in total. The summed E-state index contributed by atoms with van der Waals surface area (Å²) in [5.41, 5.74) is 5.32. The van der Waals surface area contributed by atoms with Crippen LogP contribution in [0.4, 0.5) is 0 Å². The van der Waals surface area contributed by atoms with Crippen molar-refractivity contribution in [3.63, 3.8) is 0 Å². The standard InChI is InChI=1S/C14H23N3O3S/c15-3-6-20-11-14(18)16-10-12(13-2-1-9-21-13)17-4-7-19-8-5-17/h1-2,9,12H,3-8,10-11,15H2,(H,16,18). The van der Waals surface area contributed by atoms with Crippen molar-refractivity contribution in [3.05, 3.63) is 22.4 Å². The van der Waals surface area contributed by atoms with Gasteiger partial charge in [0.1, 0.15) is 6.61 Å². The van der Waals surface area contributed by atoms with E-state index in [4.69, 9.17) is 15.2 Å². The Morgan fingerprint density at radius 1 is 1.52 bits per heavy atom. The van der Waals surface area contributed by atoms with Crippen LogP contribution in [0.25, 0.3) is 0 Å².